The highest BCUT2D eigenvalue weighted by molar-refractivity contribution is 7.93. The second kappa shape index (κ2) is 7.59. The number of nitrogens with zero attached hydrogens (tertiary/aromatic N) is 1. The normalized spacial score (nSPS) is 17.1. The van der Waals surface area contributed by atoms with Crippen LogP contribution in [0, 0.1) is 6.92 Å². The largest absolute Gasteiger partial charge is 0.280 e. The number of sulfonamides is 3. The van der Waals surface area contributed by atoms with E-state index in [0.717, 1.165) is 6.42 Å². The van der Waals surface area contributed by atoms with E-state index < -0.39 is 30.1 Å². The summed E-state index contributed by atoms with van der Waals surface area (Å²) in [6.45, 7) is 1.95. The van der Waals surface area contributed by atoms with Gasteiger partial charge in [0.05, 0.1) is 21.2 Å². The van der Waals surface area contributed by atoms with Gasteiger partial charge in [-0.25, -0.2) is 30.4 Å². The molecule has 12 heteroatoms. The minimum absolute atomic E-state index is 0.00817. The van der Waals surface area contributed by atoms with E-state index in [-0.39, 0.29) is 21.2 Å². The maximum Gasteiger partial charge on any atom is 0.262 e. The summed E-state index contributed by atoms with van der Waals surface area (Å²) in [7, 11) is -11.2. The molecule has 0 saturated carbocycles. The van der Waals surface area contributed by atoms with Crippen molar-refractivity contribution in [1.82, 2.24) is 0 Å². The third kappa shape index (κ3) is 4.71. The summed E-state index contributed by atoms with van der Waals surface area (Å²) in [6, 6.07) is 9.34. The van der Waals surface area contributed by atoms with Crippen LogP contribution in [-0.2, 0) is 30.1 Å². The lowest BCUT2D eigenvalue weighted by Gasteiger charge is -2.28. The summed E-state index contributed by atoms with van der Waals surface area (Å²) in [5.74, 6) is 0.0716. The molecular formula is C17H21N3O6S3. The van der Waals surface area contributed by atoms with Crippen molar-refractivity contribution in [2.75, 3.05) is 21.3 Å². The first-order valence-corrected chi connectivity index (χ1v) is 13.3. The van der Waals surface area contributed by atoms with Crippen molar-refractivity contribution in [1.29, 1.82) is 0 Å². The number of anilines is 2. The van der Waals surface area contributed by atoms with Crippen molar-refractivity contribution < 1.29 is 25.3 Å². The summed E-state index contributed by atoms with van der Waals surface area (Å²) < 4.78 is 76.3. The average molecular weight is 460 g/mol. The van der Waals surface area contributed by atoms with E-state index in [1.54, 1.807) is 6.92 Å². The zero-order chi connectivity index (χ0) is 21.4. The standard InChI is InChI=1S/C17H21N3O6S3/c1-13-12-15(20-10-2-3-11-27(20,21)22)6-9-17(13)29(25,26)19-14-4-7-16(8-5-14)28(18,23)24/h4-9,12,19H,2-3,10-11H2,1H3,(H2,18,23,24). The van der Waals surface area contributed by atoms with Crippen LogP contribution in [0.25, 0.3) is 0 Å². The Balaban J connectivity index is 1.88. The van der Waals surface area contributed by atoms with Gasteiger partial charge in [0, 0.05) is 12.2 Å². The molecule has 2 aromatic carbocycles. The maximum absolute atomic E-state index is 12.7. The maximum atomic E-state index is 12.7. The number of nitrogens with one attached hydrogen (secondary N) is 1. The Morgan fingerprint density at radius 3 is 2.21 bits per heavy atom. The van der Waals surface area contributed by atoms with E-state index in [1.165, 1.54) is 46.8 Å². The molecule has 0 amide bonds. The van der Waals surface area contributed by atoms with Gasteiger partial charge < -0.3 is 0 Å². The van der Waals surface area contributed by atoms with Gasteiger partial charge in [0.2, 0.25) is 20.0 Å². The van der Waals surface area contributed by atoms with Gasteiger partial charge in [-0.2, -0.15) is 0 Å². The number of benzene rings is 2. The van der Waals surface area contributed by atoms with Gasteiger partial charge in [-0.15, -0.1) is 0 Å². The molecule has 0 spiro atoms. The van der Waals surface area contributed by atoms with Crippen molar-refractivity contribution in [2.45, 2.75) is 29.6 Å². The minimum atomic E-state index is -3.97. The van der Waals surface area contributed by atoms with E-state index in [0.29, 0.717) is 24.2 Å². The van der Waals surface area contributed by atoms with Crippen LogP contribution in [0.3, 0.4) is 0 Å². The van der Waals surface area contributed by atoms with E-state index in [2.05, 4.69) is 4.72 Å². The van der Waals surface area contributed by atoms with Crippen molar-refractivity contribution in [3.05, 3.63) is 48.0 Å². The minimum Gasteiger partial charge on any atom is -0.280 e. The van der Waals surface area contributed by atoms with Crippen molar-refractivity contribution in [3.63, 3.8) is 0 Å². The zero-order valence-corrected chi connectivity index (χ0v) is 18.0. The van der Waals surface area contributed by atoms with Gasteiger partial charge >= 0.3 is 0 Å². The molecule has 158 valence electrons. The van der Waals surface area contributed by atoms with E-state index in [9.17, 15) is 25.3 Å². The monoisotopic (exact) mass is 459 g/mol. The fourth-order valence-corrected chi connectivity index (χ4v) is 6.52. The molecule has 0 aromatic heterocycles. The molecule has 3 N–H and O–H groups in total. The Hall–Kier alpha value is -2.15. The van der Waals surface area contributed by atoms with Gasteiger partial charge in [0.1, 0.15) is 0 Å². The Morgan fingerprint density at radius 2 is 1.66 bits per heavy atom. The molecule has 0 unspecified atom stereocenters. The molecule has 0 bridgehead atoms. The Labute approximate surface area is 170 Å². The molecule has 0 aliphatic carbocycles. The van der Waals surface area contributed by atoms with E-state index in [1.807, 2.05) is 0 Å². The predicted molar refractivity (Wildman–Crippen MR) is 110 cm³/mol. The highest BCUT2D eigenvalue weighted by atomic mass is 32.2. The Kier molecular flexibility index (Phi) is 5.64. The topological polar surface area (TPSA) is 144 Å². The molecule has 3 rings (SSSR count). The lowest BCUT2D eigenvalue weighted by atomic mass is 10.2. The number of primary sulfonamides is 1. The van der Waals surface area contributed by atoms with Crippen LogP contribution in [-0.4, -0.2) is 37.6 Å². The molecular weight excluding hydrogens is 438 g/mol. The second-order valence-electron chi connectivity index (χ2n) is 6.72. The SMILES string of the molecule is Cc1cc(N2CCCCS2(=O)=O)ccc1S(=O)(=O)Nc1ccc(S(N)(=O)=O)cc1. The Morgan fingerprint density at radius 1 is 1.00 bits per heavy atom. The number of nitrogens with two attached hydrogens (primary N) is 1. The summed E-state index contributed by atoms with van der Waals surface area (Å²) in [5, 5.41) is 5.03. The first kappa shape index (κ1) is 21.6. The first-order chi connectivity index (χ1) is 13.4. The van der Waals surface area contributed by atoms with Gasteiger partial charge in [0.15, 0.2) is 0 Å². The van der Waals surface area contributed by atoms with Crippen LogP contribution >= 0.6 is 0 Å². The molecule has 0 radical (unpaired) electrons. The molecule has 9 nitrogen and oxygen atoms in total. The van der Waals surface area contributed by atoms with Gasteiger partial charge in [0.25, 0.3) is 10.0 Å². The fraction of sp³-hybridized carbons (Fsp3) is 0.294. The highest BCUT2D eigenvalue weighted by Crippen LogP contribution is 2.28. The third-order valence-electron chi connectivity index (χ3n) is 4.52. The molecule has 29 heavy (non-hydrogen) atoms. The number of rotatable bonds is 5. The van der Waals surface area contributed by atoms with Crippen LogP contribution in [0.2, 0.25) is 0 Å². The van der Waals surface area contributed by atoms with Crippen LogP contribution in [0.15, 0.2) is 52.3 Å². The second-order valence-corrected chi connectivity index (χ2v) is 11.9. The average Bonchev–Trinajstić information content (AvgIpc) is 2.60. The smallest absolute Gasteiger partial charge is 0.262 e. The third-order valence-corrected chi connectivity index (χ3v) is 8.86. The lowest BCUT2D eigenvalue weighted by molar-refractivity contribution is 0.574. The molecule has 1 heterocycles. The van der Waals surface area contributed by atoms with Crippen molar-refractivity contribution >= 4 is 41.4 Å². The number of hydrogen-bond acceptors (Lipinski definition) is 6. The summed E-state index contributed by atoms with van der Waals surface area (Å²) >= 11 is 0. The van der Waals surface area contributed by atoms with Crippen LogP contribution in [0.5, 0.6) is 0 Å². The predicted octanol–water partition coefficient (Wildman–Crippen LogP) is 1.37. The summed E-state index contributed by atoms with van der Waals surface area (Å²) in [5.41, 5.74) is 0.982. The molecule has 1 aliphatic heterocycles. The van der Waals surface area contributed by atoms with Crippen LogP contribution in [0.4, 0.5) is 11.4 Å². The summed E-state index contributed by atoms with van der Waals surface area (Å²) in [6.07, 6.45) is 1.35. The molecule has 1 fully saturated rings. The van der Waals surface area contributed by atoms with Gasteiger partial charge in [-0.1, -0.05) is 0 Å². The summed E-state index contributed by atoms with van der Waals surface area (Å²) in [4.78, 5) is -0.144. The van der Waals surface area contributed by atoms with E-state index in [4.69, 9.17) is 5.14 Å². The van der Waals surface area contributed by atoms with Crippen LogP contribution < -0.4 is 14.2 Å². The molecule has 1 saturated heterocycles. The van der Waals surface area contributed by atoms with Gasteiger partial charge in [-0.05, 0) is 67.8 Å². The highest BCUT2D eigenvalue weighted by Gasteiger charge is 2.27. The quantitative estimate of drug-likeness (QED) is 0.691. The van der Waals surface area contributed by atoms with E-state index >= 15 is 0 Å². The first-order valence-electron chi connectivity index (χ1n) is 8.67. The number of hydrogen-bond donors (Lipinski definition) is 2. The number of aryl methyl sites for hydroxylation is 1. The van der Waals surface area contributed by atoms with Crippen molar-refractivity contribution in [2.24, 2.45) is 5.14 Å². The zero-order valence-electron chi connectivity index (χ0n) is 15.6. The van der Waals surface area contributed by atoms with Crippen LogP contribution in [0.1, 0.15) is 18.4 Å². The van der Waals surface area contributed by atoms with Crippen molar-refractivity contribution in [3.8, 4) is 0 Å². The molecule has 1 aliphatic rings. The Bertz CT molecular complexity index is 1240. The fourth-order valence-electron chi connectivity index (χ4n) is 3.09. The molecule has 2 aromatic rings. The molecule has 0 atom stereocenters. The lowest BCUT2D eigenvalue weighted by Crippen LogP contribution is -2.37. The van der Waals surface area contributed by atoms with Gasteiger partial charge in [-0.3, -0.25) is 9.03 Å².